The Hall–Kier alpha value is -2.97. The molecule has 1 heterocycles. The van der Waals surface area contributed by atoms with Gasteiger partial charge in [-0.25, -0.2) is 5.43 Å². The lowest BCUT2D eigenvalue weighted by Crippen LogP contribution is -2.19. The Morgan fingerprint density at radius 3 is 2.60 bits per heavy atom. The van der Waals surface area contributed by atoms with E-state index < -0.39 is 4.92 Å². The van der Waals surface area contributed by atoms with Crippen LogP contribution in [0.15, 0.2) is 58.1 Å². The predicted molar refractivity (Wildman–Crippen MR) is 120 cm³/mol. The van der Waals surface area contributed by atoms with Crippen molar-refractivity contribution in [1.29, 1.82) is 0 Å². The first kappa shape index (κ1) is 21.7. The molecule has 3 rings (SSSR count). The zero-order valence-electron chi connectivity index (χ0n) is 16.2. The lowest BCUT2D eigenvalue weighted by Gasteiger charge is -2.10. The molecule has 0 atom stereocenters. The second-order valence-electron chi connectivity index (χ2n) is 6.65. The van der Waals surface area contributed by atoms with Crippen LogP contribution >= 0.6 is 27.5 Å². The third-order valence-electron chi connectivity index (χ3n) is 4.53. The normalized spacial score (nSPS) is 11.1. The van der Waals surface area contributed by atoms with Gasteiger partial charge in [-0.05, 0) is 49.7 Å². The molecule has 0 spiro atoms. The smallest absolute Gasteiger partial charge is 0.289 e. The molecule has 0 radical (unpaired) electrons. The summed E-state index contributed by atoms with van der Waals surface area (Å²) in [4.78, 5) is 22.8. The SMILES string of the molecule is Cc1cc(/C=N\NC(=O)Cc2ccc(Br)cc2)c(C)n1-c1ccc(Cl)c([N+](=O)[O-])c1. The van der Waals surface area contributed by atoms with Crippen LogP contribution in [0.4, 0.5) is 5.69 Å². The summed E-state index contributed by atoms with van der Waals surface area (Å²) in [5, 5.41) is 15.3. The van der Waals surface area contributed by atoms with Gasteiger partial charge in [0.2, 0.25) is 5.91 Å². The molecule has 0 aliphatic rings. The Morgan fingerprint density at radius 2 is 1.93 bits per heavy atom. The maximum atomic E-state index is 12.1. The van der Waals surface area contributed by atoms with Gasteiger partial charge in [-0.1, -0.05) is 39.7 Å². The van der Waals surface area contributed by atoms with Gasteiger partial charge >= 0.3 is 0 Å². The highest BCUT2D eigenvalue weighted by molar-refractivity contribution is 9.10. The number of nitrogens with zero attached hydrogens (tertiary/aromatic N) is 3. The molecule has 1 aromatic heterocycles. The molecular weight excluding hydrogens is 472 g/mol. The first-order valence-corrected chi connectivity index (χ1v) is 10.1. The molecular formula is C21H18BrClN4O3. The minimum atomic E-state index is -0.511. The van der Waals surface area contributed by atoms with Crippen molar-refractivity contribution in [1.82, 2.24) is 9.99 Å². The Bertz CT molecular complexity index is 1140. The Morgan fingerprint density at radius 1 is 1.23 bits per heavy atom. The van der Waals surface area contributed by atoms with Crippen LogP contribution in [0, 0.1) is 24.0 Å². The quantitative estimate of drug-likeness (QED) is 0.296. The van der Waals surface area contributed by atoms with E-state index in [1.165, 1.54) is 12.1 Å². The van der Waals surface area contributed by atoms with Crippen LogP contribution < -0.4 is 5.43 Å². The molecule has 1 N–H and O–H groups in total. The van der Waals surface area contributed by atoms with E-state index in [0.29, 0.717) is 5.69 Å². The fraction of sp³-hybridized carbons (Fsp3) is 0.143. The number of hydrogen-bond acceptors (Lipinski definition) is 4. The summed E-state index contributed by atoms with van der Waals surface area (Å²) in [7, 11) is 0. The van der Waals surface area contributed by atoms with Gasteiger partial charge in [0.1, 0.15) is 5.02 Å². The van der Waals surface area contributed by atoms with Crippen molar-refractivity contribution < 1.29 is 9.72 Å². The first-order chi connectivity index (χ1) is 14.3. The maximum absolute atomic E-state index is 12.1. The van der Waals surface area contributed by atoms with E-state index >= 15 is 0 Å². The summed E-state index contributed by atoms with van der Waals surface area (Å²) in [5.41, 5.74) is 6.36. The average Bonchev–Trinajstić information content (AvgIpc) is 2.97. The maximum Gasteiger partial charge on any atom is 0.289 e. The number of carbonyl (C=O) groups is 1. The summed E-state index contributed by atoms with van der Waals surface area (Å²) >= 11 is 9.27. The molecule has 2 aromatic carbocycles. The third-order valence-corrected chi connectivity index (χ3v) is 5.37. The van der Waals surface area contributed by atoms with Crippen molar-refractivity contribution in [2.75, 3.05) is 0 Å². The van der Waals surface area contributed by atoms with Crippen molar-refractivity contribution in [2.45, 2.75) is 20.3 Å². The minimum absolute atomic E-state index is 0.0847. The van der Waals surface area contributed by atoms with Gasteiger partial charge in [0.05, 0.1) is 23.2 Å². The summed E-state index contributed by atoms with van der Waals surface area (Å²) in [6, 6.07) is 14.0. The van der Waals surface area contributed by atoms with E-state index in [0.717, 1.165) is 27.0 Å². The molecule has 0 bridgehead atoms. The molecule has 9 heteroatoms. The number of aromatic nitrogens is 1. The molecule has 1 amide bonds. The number of rotatable bonds is 6. The fourth-order valence-electron chi connectivity index (χ4n) is 3.10. The van der Waals surface area contributed by atoms with Crippen LogP contribution in [-0.4, -0.2) is 21.6 Å². The van der Waals surface area contributed by atoms with Crippen LogP contribution in [0.5, 0.6) is 0 Å². The lowest BCUT2D eigenvalue weighted by atomic mass is 10.1. The van der Waals surface area contributed by atoms with E-state index in [1.54, 1.807) is 12.3 Å². The van der Waals surface area contributed by atoms with Crippen LogP contribution in [0.2, 0.25) is 5.02 Å². The molecule has 0 saturated carbocycles. The second kappa shape index (κ2) is 9.23. The van der Waals surface area contributed by atoms with E-state index in [2.05, 4.69) is 26.5 Å². The molecule has 154 valence electrons. The number of nitro groups is 1. The zero-order valence-corrected chi connectivity index (χ0v) is 18.6. The van der Waals surface area contributed by atoms with Crippen molar-refractivity contribution in [3.05, 3.63) is 90.7 Å². The third kappa shape index (κ3) is 4.95. The number of hydrogen-bond donors (Lipinski definition) is 1. The molecule has 0 saturated heterocycles. The molecule has 3 aromatic rings. The van der Waals surface area contributed by atoms with Crippen LogP contribution in [0.1, 0.15) is 22.5 Å². The molecule has 7 nitrogen and oxygen atoms in total. The fourth-order valence-corrected chi connectivity index (χ4v) is 3.55. The van der Waals surface area contributed by atoms with E-state index in [1.807, 2.05) is 48.7 Å². The van der Waals surface area contributed by atoms with Crippen molar-refractivity contribution >= 4 is 45.3 Å². The van der Waals surface area contributed by atoms with Gasteiger partial charge in [0.25, 0.3) is 5.69 Å². The first-order valence-electron chi connectivity index (χ1n) is 8.96. The number of aryl methyl sites for hydroxylation is 1. The van der Waals surface area contributed by atoms with Crippen molar-refractivity contribution in [3.8, 4) is 5.69 Å². The molecule has 0 aliphatic carbocycles. The van der Waals surface area contributed by atoms with E-state index in [4.69, 9.17) is 11.6 Å². The van der Waals surface area contributed by atoms with E-state index in [9.17, 15) is 14.9 Å². The van der Waals surface area contributed by atoms with Crippen LogP contribution in [-0.2, 0) is 11.2 Å². The highest BCUT2D eigenvalue weighted by Gasteiger charge is 2.16. The lowest BCUT2D eigenvalue weighted by molar-refractivity contribution is -0.384. The second-order valence-corrected chi connectivity index (χ2v) is 7.97. The molecule has 0 unspecified atom stereocenters. The Balaban J connectivity index is 1.75. The number of benzene rings is 2. The Kier molecular flexibility index (Phi) is 6.69. The summed E-state index contributed by atoms with van der Waals surface area (Å²) < 4.78 is 2.82. The number of hydrazone groups is 1. The molecule has 0 fully saturated rings. The standard InChI is InChI=1S/C21H18BrClN4O3/c1-13-9-16(12-24-25-21(28)10-15-3-5-17(22)6-4-15)14(2)26(13)18-7-8-19(23)20(11-18)27(29)30/h3-9,11-12H,10H2,1-2H3,(H,25,28)/b24-12-. The monoisotopic (exact) mass is 488 g/mol. The molecule has 30 heavy (non-hydrogen) atoms. The minimum Gasteiger partial charge on any atom is -0.318 e. The molecule has 0 aliphatic heterocycles. The zero-order chi connectivity index (χ0) is 21.8. The highest BCUT2D eigenvalue weighted by atomic mass is 79.9. The summed E-state index contributed by atoms with van der Waals surface area (Å²) in [5.74, 6) is -0.226. The average molecular weight is 490 g/mol. The van der Waals surface area contributed by atoms with Gasteiger partial charge in [0.15, 0.2) is 0 Å². The van der Waals surface area contributed by atoms with Crippen molar-refractivity contribution in [2.24, 2.45) is 5.10 Å². The van der Waals surface area contributed by atoms with E-state index in [-0.39, 0.29) is 23.0 Å². The topological polar surface area (TPSA) is 89.5 Å². The van der Waals surface area contributed by atoms with Crippen LogP contribution in [0.25, 0.3) is 5.69 Å². The number of amides is 1. The number of nitrogens with one attached hydrogen (secondary N) is 1. The highest BCUT2D eigenvalue weighted by Crippen LogP contribution is 2.29. The number of nitro benzene ring substituents is 1. The van der Waals surface area contributed by atoms with Gasteiger partial charge in [-0.3, -0.25) is 14.9 Å². The number of carbonyl (C=O) groups excluding carboxylic acids is 1. The Labute approximate surface area is 186 Å². The van der Waals surface area contributed by atoms with Gasteiger partial charge in [0, 0.05) is 27.5 Å². The van der Waals surface area contributed by atoms with Gasteiger partial charge in [-0.15, -0.1) is 0 Å². The largest absolute Gasteiger partial charge is 0.318 e. The summed E-state index contributed by atoms with van der Waals surface area (Å²) in [6.45, 7) is 3.76. The van der Waals surface area contributed by atoms with Gasteiger partial charge in [-0.2, -0.15) is 5.10 Å². The summed E-state index contributed by atoms with van der Waals surface area (Å²) in [6.07, 6.45) is 1.78. The van der Waals surface area contributed by atoms with Crippen LogP contribution in [0.3, 0.4) is 0 Å². The predicted octanol–water partition coefficient (Wildman–Crippen LogP) is 5.11. The van der Waals surface area contributed by atoms with Gasteiger partial charge < -0.3 is 4.57 Å². The number of halogens is 2. The van der Waals surface area contributed by atoms with Crippen molar-refractivity contribution in [3.63, 3.8) is 0 Å².